The minimum Gasteiger partial charge on any atom is -0.491 e. The lowest BCUT2D eigenvalue weighted by atomic mass is 10.2. The van der Waals surface area contributed by atoms with Crippen LogP contribution in [0.15, 0.2) is 71.1 Å². The molecule has 0 aliphatic heterocycles. The Bertz CT molecular complexity index is 1000. The average Bonchev–Trinajstić information content (AvgIpc) is 2.67. The van der Waals surface area contributed by atoms with Crippen molar-refractivity contribution >= 4 is 22.7 Å². The first kappa shape index (κ1) is 19.2. The summed E-state index contributed by atoms with van der Waals surface area (Å²) in [5, 5.41) is 11.4. The number of aryl methyl sites for hydroxylation is 1. The van der Waals surface area contributed by atoms with Gasteiger partial charge in [0.2, 0.25) is 0 Å². The van der Waals surface area contributed by atoms with Crippen LogP contribution in [0.1, 0.15) is 5.56 Å². The molecule has 1 heterocycles. The molecule has 27 heavy (non-hydrogen) atoms. The molecule has 0 saturated carbocycles. The molecule has 0 aliphatic rings. The molecule has 1 aromatic heterocycles. The number of fused-ring (bicyclic) bond motifs is 1. The first-order chi connectivity index (χ1) is 13.1. The maximum absolute atomic E-state index is 12.7. The molecular weight excluding hydrogens is 360 g/mol. The predicted octanol–water partition coefficient (Wildman–Crippen LogP) is 3.42. The van der Waals surface area contributed by atoms with E-state index in [1.165, 1.54) is 11.8 Å². The van der Waals surface area contributed by atoms with Gasteiger partial charge in [-0.2, -0.15) is 0 Å². The van der Waals surface area contributed by atoms with Crippen molar-refractivity contribution in [3.8, 4) is 5.75 Å². The van der Waals surface area contributed by atoms with E-state index < -0.39 is 6.10 Å². The SMILES string of the molecule is C=CCn1c(SC[C@H](O)COc2cccc(C)c2)nc2ccccc2c1=O. The number of ether oxygens (including phenoxy) is 1. The topological polar surface area (TPSA) is 64.3 Å². The van der Waals surface area contributed by atoms with Crippen LogP contribution in [0.5, 0.6) is 5.75 Å². The average molecular weight is 382 g/mol. The van der Waals surface area contributed by atoms with Crippen molar-refractivity contribution in [1.29, 1.82) is 0 Å². The fourth-order valence-electron chi connectivity index (χ4n) is 2.66. The largest absolute Gasteiger partial charge is 0.491 e. The number of benzene rings is 2. The van der Waals surface area contributed by atoms with Gasteiger partial charge in [-0.3, -0.25) is 9.36 Å². The number of aliphatic hydroxyl groups excluding tert-OH is 1. The van der Waals surface area contributed by atoms with Gasteiger partial charge in [0.1, 0.15) is 12.4 Å². The maximum Gasteiger partial charge on any atom is 0.262 e. The summed E-state index contributed by atoms with van der Waals surface area (Å²) in [4.78, 5) is 17.3. The van der Waals surface area contributed by atoms with E-state index in [2.05, 4.69) is 11.6 Å². The van der Waals surface area contributed by atoms with Gasteiger partial charge in [0.05, 0.1) is 17.0 Å². The minimum atomic E-state index is -0.684. The zero-order valence-corrected chi connectivity index (χ0v) is 16.0. The Morgan fingerprint density at radius 1 is 1.30 bits per heavy atom. The lowest BCUT2D eigenvalue weighted by Crippen LogP contribution is -2.24. The van der Waals surface area contributed by atoms with Gasteiger partial charge in [0.15, 0.2) is 5.16 Å². The number of rotatable bonds is 8. The van der Waals surface area contributed by atoms with Crippen molar-refractivity contribution in [3.05, 3.63) is 77.1 Å². The number of hydrogen-bond donors (Lipinski definition) is 1. The zero-order chi connectivity index (χ0) is 19.2. The van der Waals surface area contributed by atoms with Crippen LogP contribution in [0.25, 0.3) is 10.9 Å². The number of nitrogens with zero attached hydrogens (tertiary/aromatic N) is 2. The Morgan fingerprint density at radius 2 is 2.11 bits per heavy atom. The summed E-state index contributed by atoms with van der Waals surface area (Å²) in [5.74, 6) is 1.10. The molecule has 0 fully saturated rings. The molecule has 3 rings (SSSR count). The van der Waals surface area contributed by atoms with Gasteiger partial charge in [-0.25, -0.2) is 4.98 Å². The highest BCUT2D eigenvalue weighted by Gasteiger charge is 2.13. The van der Waals surface area contributed by atoms with Crippen molar-refractivity contribution in [1.82, 2.24) is 9.55 Å². The second kappa shape index (κ2) is 8.88. The fourth-order valence-corrected chi connectivity index (χ4v) is 3.58. The van der Waals surface area contributed by atoms with Crippen molar-refractivity contribution in [2.24, 2.45) is 0 Å². The quantitative estimate of drug-likeness (QED) is 0.367. The molecule has 0 bridgehead atoms. The molecule has 2 aromatic carbocycles. The standard InChI is InChI=1S/C21H22N2O3S/c1-3-11-23-20(25)18-9-4-5-10-19(18)22-21(23)27-14-16(24)13-26-17-8-6-7-15(2)12-17/h3-10,12,16,24H,1,11,13-14H2,2H3/t16-/m1/s1. The van der Waals surface area contributed by atoms with Gasteiger partial charge in [-0.1, -0.05) is 42.1 Å². The Labute approximate surface area is 162 Å². The predicted molar refractivity (Wildman–Crippen MR) is 110 cm³/mol. The third kappa shape index (κ3) is 4.78. The minimum absolute atomic E-state index is 0.103. The van der Waals surface area contributed by atoms with Crippen LogP contribution in [0.2, 0.25) is 0 Å². The molecule has 0 amide bonds. The monoisotopic (exact) mass is 382 g/mol. The van der Waals surface area contributed by atoms with Gasteiger partial charge < -0.3 is 9.84 Å². The second-order valence-electron chi connectivity index (χ2n) is 6.21. The van der Waals surface area contributed by atoms with E-state index >= 15 is 0 Å². The van der Waals surface area contributed by atoms with Crippen molar-refractivity contribution < 1.29 is 9.84 Å². The van der Waals surface area contributed by atoms with Crippen LogP contribution in [-0.2, 0) is 6.54 Å². The third-order valence-electron chi connectivity index (χ3n) is 3.98. The first-order valence-electron chi connectivity index (χ1n) is 8.69. The van der Waals surface area contributed by atoms with E-state index in [4.69, 9.17) is 4.74 Å². The van der Waals surface area contributed by atoms with Crippen LogP contribution >= 0.6 is 11.8 Å². The third-order valence-corrected chi connectivity index (χ3v) is 5.10. The van der Waals surface area contributed by atoms with E-state index in [9.17, 15) is 9.90 Å². The molecule has 3 aromatic rings. The number of allylic oxidation sites excluding steroid dienone is 1. The summed E-state index contributed by atoms with van der Waals surface area (Å²) in [5.41, 5.74) is 1.65. The Kier molecular flexibility index (Phi) is 6.32. The van der Waals surface area contributed by atoms with Crippen molar-refractivity contribution in [2.45, 2.75) is 24.7 Å². The second-order valence-corrected chi connectivity index (χ2v) is 7.20. The fraction of sp³-hybridized carbons (Fsp3) is 0.238. The molecule has 0 radical (unpaired) electrons. The molecule has 140 valence electrons. The van der Waals surface area contributed by atoms with E-state index in [1.54, 1.807) is 16.7 Å². The normalized spacial score (nSPS) is 12.1. The summed E-state index contributed by atoms with van der Waals surface area (Å²) in [7, 11) is 0. The van der Waals surface area contributed by atoms with Gasteiger partial charge in [-0.05, 0) is 36.8 Å². The zero-order valence-electron chi connectivity index (χ0n) is 15.2. The molecule has 0 unspecified atom stereocenters. The number of thioether (sulfide) groups is 1. The lowest BCUT2D eigenvalue weighted by molar-refractivity contribution is 0.126. The molecule has 6 heteroatoms. The smallest absolute Gasteiger partial charge is 0.262 e. The van der Waals surface area contributed by atoms with Crippen LogP contribution in [-0.4, -0.2) is 33.1 Å². The number of hydrogen-bond acceptors (Lipinski definition) is 5. The maximum atomic E-state index is 12.7. The summed E-state index contributed by atoms with van der Waals surface area (Å²) >= 11 is 1.34. The van der Waals surface area contributed by atoms with Gasteiger partial charge in [0.25, 0.3) is 5.56 Å². The first-order valence-corrected chi connectivity index (χ1v) is 9.68. The number of aromatic nitrogens is 2. The summed E-state index contributed by atoms with van der Waals surface area (Å²) in [6, 6.07) is 14.9. The van der Waals surface area contributed by atoms with Gasteiger partial charge >= 0.3 is 0 Å². The molecule has 0 saturated heterocycles. The van der Waals surface area contributed by atoms with E-state index in [-0.39, 0.29) is 12.2 Å². The molecule has 5 nitrogen and oxygen atoms in total. The van der Waals surface area contributed by atoms with E-state index in [0.717, 1.165) is 11.3 Å². The highest BCUT2D eigenvalue weighted by Crippen LogP contribution is 2.19. The Hall–Kier alpha value is -2.57. The highest BCUT2D eigenvalue weighted by molar-refractivity contribution is 7.99. The van der Waals surface area contributed by atoms with Crippen LogP contribution < -0.4 is 10.3 Å². The Morgan fingerprint density at radius 3 is 2.89 bits per heavy atom. The van der Waals surface area contributed by atoms with Crippen LogP contribution in [0.4, 0.5) is 0 Å². The van der Waals surface area contributed by atoms with Crippen molar-refractivity contribution in [2.75, 3.05) is 12.4 Å². The number of para-hydroxylation sites is 1. The summed E-state index contributed by atoms with van der Waals surface area (Å²) in [6.07, 6.45) is 0.982. The molecule has 0 spiro atoms. The lowest BCUT2D eigenvalue weighted by Gasteiger charge is -2.14. The summed E-state index contributed by atoms with van der Waals surface area (Å²) < 4.78 is 7.22. The summed E-state index contributed by atoms with van der Waals surface area (Å²) in [6.45, 7) is 6.25. The number of aliphatic hydroxyl groups is 1. The molecule has 1 atom stereocenters. The van der Waals surface area contributed by atoms with Crippen LogP contribution in [0.3, 0.4) is 0 Å². The Balaban J connectivity index is 1.71. The molecular formula is C21H22N2O3S. The van der Waals surface area contributed by atoms with Crippen molar-refractivity contribution in [3.63, 3.8) is 0 Å². The van der Waals surface area contributed by atoms with E-state index in [1.807, 2.05) is 49.4 Å². The molecule has 1 N–H and O–H groups in total. The highest BCUT2D eigenvalue weighted by atomic mass is 32.2. The van der Waals surface area contributed by atoms with Crippen LogP contribution in [0, 0.1) is 6.92 Å². The van der Waals surface area contributed by atoms with Gasteiger partial charge in [-0.15, -0.1) is 6.58 Å². The molecule has 0 aliphatic carbocycles. The van der Waals surface area contributed by atoms with E-state index in [0.29, 0.717) is 28.4 Å². The van der Waals surface area contributed by atoms with Gasteiger partial charge in [0, 0.05) is 12.3 Å².